The molecule has 1 unspecified atom stereocenters. The van der Waals surface area contributed by atoms with E-state index in [0.717, 1.165) is 17.8 Å². The number of carbonyl (C=O) groups excluding carboxylic acids is 1. The van der Waals surface area contributed by atoms with Crippen molar-refractivity contribution in [1.29, 1.82) is 0 Å². The number of anilines is 1. The molecule has 1 fully saturated rings. The van der Waals surface area contributed by atoms with Crippen molar-refractivity contribution in [1.82, 2.24) is 14.2 Å². The van der Waals surface area contributed by atoms with Crippen LogP contribution in [0.25, 0.3) is 10.2 Å². The summed E-state index contributed by atoms with van der Waals surface area (Å²) >= 11 is 7.39. The number of para-hydroxylation sites is 1. The van der Waals surface area contributed by atoms with E-state index < -0.39 is 16.1 Å². The van der Waals surface area contributed by atoms with Crippen molar-refractivity contribution in [2.45, 2.75) is 44.6 Å². The molecule has 4 rings (SSSR count). The second-order valence-corrected chi connectivity index (χ2v) is 12.1. The van der Waals surface area contributed by atoms with Gasteiger partial charge in [0.25, 0.3) is 0 Å². The predicted molar refractivity (Wildman–Crippen MR) is 149 cm³/mol. The number of hydrogen-bond donors (Lipinski definition) is 0. The van der Waals surface area contributed by atoms with Gasteiger partial charge in [-0.25, -0.2) is 13.4 Å². The Morgan fingerprint density at radius 3 is 2.54 bits per heavy atom. The lowest BCUT2D eigenvalue weighted by molar-refractivity contribution is -0.121. The standard InChI is InChI=1S/C26H33ClN4O4S2/c1-4-29(5-2)17-18-30(26-28-24-22(35-6-3)10-7-11-23(24)36-26)25(32)21-9-8-16-31(21)37(33,34)20-14-12-19(27)13-15-20/h7,10-15,21H,4-6,8-9,16-18H2,1-3H3. The number of ether oxygens (including phenoxy) is 1. The van der Waals surface area contributed by atoms with Crippen molar-refractivity contribution in [3.8, 4) is 5.75 Å². The molecule has 0 bridgehead atoms. The van der Waals surface area contributed by atoms with Gasteiger partial charge in [-0.05, 0) is 69.3 Å². The number of sulfonamides is 1. The minimum Gasteiger partial charge on any atom is -0.492 e. The maximum absolute atomic E-state index is 14.1. The van der Waals surface area contributed by atoms with Crippen molar-refractivity contribution in [2.75, 3.05) is 44.2 Å². The van der Waals surface area contributed by atoms with Gasteiger partial charge in [0.1, 0.15) is 17.3 Å². The molecule has 1 amide bonds. The molecule has 0 spiro atoms. The zero-order chi connectivity index (χ0) is 26.6. The first-order valence-corrected chi connectivity index (χ1v) is 15.3. The van der Waals surface area contributed by atoms with Crippen molar-refractivity contribution < 1.29 is 17.9 Å². The molecular formula is C26H33ClN4O4S2. The summed E-state index contributed by atoms with van der Waals surface area (Å²) in [5.74, 6) is 0.422. The molecule has 0 radical (unpaired) electrons. The highest BCUT2D eigenvalue weighted by molar-refractivity contribution is 7.89. The fraction of sp³-hybridized carbons (Fsp3) is 0.462. The van der Waals surface area contributed by atoms with Crippen LogP contribution in [0.1, 0.15) is 33.6 Å². The van der Waals surface area contributed by atoms with Gasteiger partial charge in [-0.2, -0.15) is 4.31 Å². The molecule has 3 aromatic rings. The van der Waals surface area contributed by atoms with Crippen molar-refractivity contribution >= 4 is 54.2 Å². The van der Waals surface area contributed by atoms with E-state index in [2.05, 4.69) is 18.7 Å². The summed E-state index contributed by atoms with van der Waals surface area (Å²) in [4.78, 5) is 22.9. The minimum atomic E-state index is -3.86. The van der Waals surface area contributed by atoms with Gasteiger partial charge in [0.05, 0.1) is 16.2 Å². The van der Waals surface area contributed by atoms with E-state index in [4.69, 9.17) is 21.3 Å². The third-order valence-electron chi connectivity index (χ3n) is 6.61. The molecule has 0 aliphatic carbocycles. The predicted octanol–water partition coefficient (Wildman–Crippen LogP) is 4.88. The zero-order valence-corrected chi connectivity index (χ0v) is 23.8. The molecule has 11 heteroatoms. The van der Waals surface area contributed by atoms with Crippen LogP contribution in [-0.4, -0.2) is 73.9 Å². The summed E-state index contributed by atoms with van der Waals surface area (Å²) in [7, 11) is -3.86. The maximum atomic E-state index is 14.1. The largest absolute Gasteiger partial charge is 0.492 e. The first-order valence-electron chi connectivity index (χ1n) is 12.6. The minimum absolute atomic E-state index is 0.132. The smallest absolute Gasteiger partial charge is 0.247 e. The summed E-state index contributed by atoms with van der Waals surface area (Å²) in [6, 6.07) is 11.0. The molecule has 200 valence electrons. The number of amides is 1. The molecule has 8 nitrogen and oxygen atoms in total. The lowest BCUT2D eigenvalue weighted by Crippen LogP contribution is -2.49. The van der Waals surface area contributed by atoms with Crippen LogP contribution in [0.5, 0.6) is 5.75 Å². The van der Waals surface area contributed by atoms with Crippen LogP contribution in [0.2, 0.25) is 5.02 Å². The number of likely N-dealkylation sites (N-methyl/N-ethyl adjacent to an activating group) is 1. The van der Waals surface area contributed by atoms with E-state index in [-0.39, 0.29) is 10.8 Å². The van der Waals surface area contributed by atoms with E-state index >= 15 is 0 Å². The van der Waals surface area contributed by atoms with E-state index in [1.54, 1.807) is 17.0 Å². The Balaban J connectivity index is 1.69. The number of benzene rings is 2. The summed E-state index contributed by atoms with van der Waals surface area (Å²) in [5.41, 5.74) is 0.710. The van der Waals surface area contributed by atoms with E-state index in [1.807, 2.05) is 25.1 Å². The Hall–Kier alpha value is -2.24. The summed E-state index contributed by atoms with van der Waals surface area (Å²) < 4.78 is 35.0. The average molecular weight is 565 g/mol. The highest BCUT2D eigenvalue weighted by Gasteiger charge is 2.42. The molecular weight excluding hydrogens is 532 g/mol. The molecule has 1 aliphatic heterocycles. The third-order valence-corrected chi connectivity index (χ3v) is 9.83. The summed E-state index contributed by atoms with van der Waals surface area (Å²) in [6.45, 7) is 9.66. The highest BCUT2D eigenvalue weighted by atomic mass is 35.5. The van der Waals surface area contributed by atoms with Crippen LogP contribution in [0, 0.1) is 0 Å². The van der Waals surface area contributed by atoms with Gasteiger partial charge in [-0.1, -0.05) is 42.9 Å². The van der Waals surface area contributed by atoms with E-state index in [0.29, 0.717) is 60.5 Å². The third kappa shape index (κ3) is 5.93. The van der Waals surface area contributed by atoms with E-state index in [1.165, 1.54) is 27.8 Å². The highest BCUT2D eigenvalue weighted by Crippen LogP contribution is 2.36. The van der Waals surface area contributed by atoms with Crippen molar-refractivity contribution in [3.05, 3.63) is 47.5 Å². The SMILES string of the molecule is CCOc1cccc2sc(N(CCN(CC)CC)C(=O)C3CCCN3S(=O)(=O)c3ccc(Cl)cc3)nc12. The van der Waals surface area contributed by atoms with Crippen LogP contribution in [0.4, 0.5) is 5.13 Å². The number of aromatic nitrogens is 1. The number of halogens is 1. The van der Waals surface area contributed by atoms with Gasteiger partial charge in [0.15, 0.2) is 5.13 Å². The van der Waals surface area contributed by atoms with Gasteiger partial charge in [-0.15, -0.1) is 0 Å². The molecule has 2 heterocycles. The number of rotatable bonds is 11. The molecule has 0 N–H and O–H groups in total. The van der Waals surface area contributed by atoms with Gasteiger partial charge < -0.3 is 9.64 Å². The summed E-state index contributed by atoms with van der Waals surface area (Å²) in [6.07, 6.45) is 1.07. The first-order chi connectivity index (χ1) is 17.8. The Bertz CT molecular complexity index is 1330. The zero-order valence-electron chi connectivity index (χ0n) is 21.4. The maximum Gasteiger partial charge on any atom is 0.247 e. The fourth-order valence-corrected chi connectivity index (χ4v) is 7.37. The Kier molecular flexibility index (Phi) is 9.07. The van der Waals surface area contributed by atoms with Crippen LogP contribution in [0.3, 0.4) is 0 Å². The number of fused-ring (bicyclic) bond motifs is 1. The van der Waals surface area contributed by atoms with Gasteiger partial charge in [0.2, 0.25) is 15.9 Å². The second-order valence-electron chi connectivity index (χ2n) is 8.78. The molecule has 1 saturated heterocycles. The second kappa shape index (κ2) is 12.1. The Morgan fingerprint density at radius 1 is 1.14 bits per heavy atom. The van der Waals surface area contributed by atoms with Gasteiger partial charge >= 0.3 is 0 Å². The lowest BCUT2D eigenvalue weighted by atomic mass is 10.2. The molecule has 0 saturated carbocycles. The van der Waals surface area contributed by atoms with Crippen LogP contribution >= 0.6 is 22.9 Å². The van der Waals surface area contributed by atoms with E-state index in [9.17, 15) is 13.2 Å². The van der Waals surface area contributed by atoms with Gasteiger partial charge in [0, 0.05) is 24.7 Å². The quantitative estimate of drug-likeness (QED) is 0.330. The molecule has 37 heavy (non-hydrogen) atoms. The fourth-order valence-electron chi connectivity index (χ4n) is 4.58. The molecule has 1 aromatic heterocycles. The lowest BCUT2D eigenvalue weighted by Gasteiger charge is -2.30. The van der Waals surface area contributed by atoms with Crippen molar-refractivity contribution in [3.63, 3.8) is 0 Å². The number of thiazole rings is 1. The number of nitrogens with zero attached hydrogens (tertiary/aromatic N) is 4. The van der Waals surface area contributed by atoms with Gasteiger partial charge in [-0.3, -0.25) is 9.69 Å². The summed E-state index contributed by atoms with van der Waals surface area (Å²) in [5, 5.41) is 1.01. The van der Waals surface area contributed by atoms with Crippen LogP contribution in [0.15, 0.2) is 47.4 Å². The first kappa shape index (κ1) is 27.8. The Morgan fingerprint density at radius 2 is 1.86 bits per heavy atom. The van der Waals surface area contributed by atoms with Crippen LogP contribution in [-0.2, 0) is 14.8 Å². The Labute approximate surface area is 227 Å². The number of hydrogen-bond acceptors (Lipinski definition) is 7. The molecule has 2 aromatic carbocycles. The number of carbonyl (C=O) groups is 1. The molecule has 1 aliphatic rings. The molecule has 1 atom stereocenters. The van der Waals surface area contributed by atoms with Crippen LogP contribution < -0.4 is 9.64 Å². The van der Waals surface area contributed by atoms with Crippen molar-refractivity contribution in [2.24, 2.45) is 0 Å². The monoisotopic (exact) mass is 564 g/mol. The topological polar surface area (TPSA) is 83.0 Å². The normalized spacial score (nSPS) is 16.5. The average Bonchev–Trinajstić information content (AvgIpc) is 3.55.